The van der Waals surface area contributed by atoms with Crippen molar-refractivity contribution in [3.63, 3.8) is 0 Å². The van der Waals surface area contributed by atoms with Crippen LogP contribution in [0.3, 0.4) is 0 Å². The molecule has 0 aromatic carbocycles. The Balaban J connectivity index is 2.13. The summed E-state index contributed by atoms with van der Waals surface area (Å²) in [5.74, 6) is 0.386. The van der Waals surface area contributed by atoms with Crippen molar-refractivity contribution in [2.75, 3.05) is 27.2 Å². The number of ether oxygens (including phenoxy) is 1. The van der Waals surface area contributed by atoms with E-state index in [4.69, 9.17) is 4.74 Å². The van der Waals surface area contributed by atoms with Gasteiger partial charge in [-0.25, -0.2) is 4.79 Å². The fourth-order valence-electron chi connectivity index (χ4n) is 2.47. The zero-order valence-electron chi connectivity index (χ0n) is 11.2. The van der Waals surface area contributed by atoms with E-state index < -0.39 is 5.54 Å². The van der Waals surface area contributed by atoms with Gasteiger partial charge in [-0.2, -0.15) is 0 Å². The monoisotopic (exact) mass is 240 g/mol. The number of methoxy groups -OCH3 is 1. The van der Waals surface area contributed by atoms with Crippen LogP contribution in [-0.4, -0.2) is 49.7 Å². The number of carbonyl (C=O) groups is 1. The Labute approximate surface area is 104 Å². The summed E-state index contributed by atoms with van der Waals surface area (Å²) in [4.78, 5) is 14.4. The summed E-state index contributed by atoms with van der Waals surface area (Å²) in [5.41, 5.74) is -0.458. The summed E-state index contributed by atoms with van der Waals surface area (Å²) in [6.45, 7) is 3.83. The molecule has 98 valence electrons. The fraction of sp³-hybridized carbons (Fsp3) is 0.923. The molecule has 0 aromatic heterocycles. The second-order valence-electron chi connectivity index (χ2n) is 5.49. The molecule has 17 heavy (non-hydrogen) atoms. The van der Waals surface area contributed by atoms with E-state index in [0.29, 0.717) is 12.0 Å². The zero-order chi connectivity index (χ0) is 12.5. The molecular weight excluding hydrogens is 216 g/mol. The fourth-order valence-corrected chi connectivity index (χ4v) is 2.47. The van der Waals surface area contributed by atoms with Crippen LogP contribution in [0.2, 0.25) is 0 Å². The smallest absolute Gasteiger partial charge is 0.327 e. The first kappa shape index (κ1) is 12.8. The van der Waals surface area contributed by atoms with Crippen molar-refractivity contribution in [2.24, 2.45) is 5.92 Å². The Morgan fingerprint density at radius 3 is 2.47 bits per heavy atom. The van der Waals surface area contributed by atoms with Gasteiger partial charge in [0.1, 0.15) is 5.54 Å². The third kappa shape index (κ3) is 2.80. The Hall–Kier alpha value is -0.610. The Bertz CT molecular complexity index is 287. The molecule has 0 amide bonds. The number of nitrogens with zero attached hydrogens (tertiary/aromatic N) is 1. The van der Waals surface area contributed by atoms with Crippen LogP contribution in [0.4, 0.5) is 0 Å². The maximum atomic E-state index is 12.2. The summed E-state index contributed by atoms with van der Waals surface area (Å²) in [7, 11) is 3.56. The molecule has 2 saturated carbocycles. The molecule has 0 bridgehead atoms. The highest BCUT2D eigenvalue weighted by Gasteiger charge is 2.54. The maximum absolute atomic E-state index is 12.2. The molecule has 2 fully saturated rings. The predicted molar refractivity (Wildman–Crippen MR) is 66.8 cm³/mol. The van der Waals surface area contributed by atoms with E-state index in [1.54, 1.807) is 0 Å². The second-order valence-corrected chi connectivity index (χ2v) is 5.49. The van der Waals surface area contributed by atoms with E-state index in [1.165, 1.54) is 20.0 Å². The standard InChI is InChI=1S/C13H24N2O2/c1-4-15(2)9-13(10-5-6-10,12(16)17-3)14-11-7-8-11/h10-11,14H,4-9H2,1-3H3. The summed E-state index contributed by atoms with van der Waals surface area (Å²) in [6.07, 6.45) is 4.68. The molecular formula is C13H24N2O2. The highest BCUT2D eigenvalue weighted by molar-refractivity contribution is 5.82. The van der Waals surface area contributed by atoms with Gasteiger partial charge in [0, 0.05) is 12.6 Å². The Kier molecular flexibility index (Phi) is 3.73. The van der Waals surface area contributed by atoms with Crippen LogP contribution in [0.5, 0.6) is 0 Å². The molecule has 0 spiro atoms. The van der Waals surface area contributed by atoms with Crippen LogP contribution >= 0.6 is 0 Å². The normalized spacial score (nSPS) is 23.5. The van der Waals surface area contributed by atoms with Crippen molar-refractivity contribution in [2.45, 2.75) is 44.2 Å². The van der Waals surface area contributed by atoms with E-state index >= 15 is 0 Å². The first-order chi connectivity index (χ1) is 8.12. The topological polar surface area (TPSA) is 41.6 Å². The average molecular weight is 240 g/mol. The van der Waals surface area contributed by atoms with E-state index in [1.807, 2.05) is 0 Å². The molecule has 0 saturated heterocycles. The van der Waals surface area contributed by atoms with Gasteiger partial charge in [-0.05, 0) is 45.2 Å². The van der Waals surface area contributed by atoms with Crippen molar-refractivity contribution >= 4 is 5.97 Å². The van der Waals surface area contributed by atoms with E-state index in [-0.39, 0.29) is 5.97 Å². The molecule has 2 aliphatic carbocycles. The number of esters is 1. The third-order valence-corrected chi connectivity index (χ3v) is 3.92. The predicted octanol–water partition coefficient (Wildman–Crippen LogP) is 1.01. The van der Waals surface area contributed by atoms with Gasteiger partial charge in [0.25, 0.3) is 0 Å². The quantitative estimate of drug-likeness (QED) is 0.674. The lowest BCUT2D eigenvalue weighted by atomic mass is 9.92. The van der Waals surface area contributed by atoms with Crippen LogP contribution in [-0.2, 0) is 9.53 Å². The number of likely N-dealkylation sites (N-methyl/N-ethyl adjacent to an activating group) is 1. The number of nitrogens with one attached hydrogen (secondary N) is 1. The molecule has 0 aromatic rings. The molecule has 4 nitrogen and oxygen atoms in total. The number of hydrogen-bond acceptors (Lipinski definition) is 4. The van der Waals surface area contributed by atoms with Crippen molar-refractivity contribution in [3.05, 3.63) is 0 Å². The van der Waals surface area contributed by atoms with Gasteiger partial charge in [0.2, 0.25) is 0 Å². The summed E-state index contributed by atoms with van der Waals surface area (Å²) < 4.78 is 5.06. The molecule has 1 unspecified atom stereocenters. The summed E-state index contributed by atoms with van der Waals surface area (Å²) in [5, 5.41) is 3.57. The third-order valence-electron chi connectivity index (χ3n) is 3.92. The lowest BCUT2D eigenvalue weighted by Crippen LogP contribution is -2.61. The molecule has 4 heteroatoms. The lowest BCUT2D eigenvalue weighted by Gasteiger charge is -2.35. The largest absolute Gasteiger partial charge is 0.468 e. The molecule has 2 aliphatic rings. The Morgan fingerprint density at radius 1 is 1.41 bits per heavy atom. The van der Waals surface area contributed by atoms with Gasteiger partial charge in [0.05, 0.1) is 7.11 Å². The van der Waals surface area contributed by atoms with Gasteiger partial charge in [-0.1, -0.05) is 6.92 Å². The van der Waals surface area contributed by atoms with Crippen molar-refractivity contribution < 1.29 is 9.53 Å². The highest BCUT2D eigenvalue weighted by atomic mass is 16.5. The van der Waals surface area contributed by atoms with Gasteiger partial charge >= 0.3 is 5.97 Å². The minimum absolute atomic E-state index is 0.0767. The van der Waals surface area contributed by atoms with Crippen molar-refractivity contribution in [1.82, 2.24) is 10.2 Å². The average Bonchev–Trinajstić information content (AvgIpc) is 3.16. The van der Waals surface area contributed by atoms with Crippen LogP contribution in [0.15, 0.2) is 0 Å². The van der Waals surface area contributed by atoms with Gasteiger partial charge in [0.15, 0.2) is 0 Å². The molecule has 1 N–H and O–H groups in total. The van der Waals surface area contributed by atoms with Gasteiger partial charge in [-0.3, -0.25) is 5.32 Å². The van der Waals surface area contributed by atoms with Gasteiger partial charge in [-0.15, -0.1) is 0 Å². The van der Waals surface area contributed by atoms with Crippen LogP contribution in [0, 0.1) is 5.92 Å². The minimum Gasteiger partial charge on any atom is -0.468 e. The van der Waals surface area contributed by atoms with Gasteiger partial charge < -0.3 is 9.64 Å². The molecule has 0 heterocycles. The number of rotatable bonds is 7. The molecule has 0 aliphatic heterocycles. The van der Waals surface area contributed by atoms with E-state index in [0.717, 1.165) is 25.9 Å². The lowest BCUT2D eigenvalue weighted by molar-refractivity contribution is -0.150. The van der Waals surface area contributed by atoms with Crippen LogP contribution < -0.4 is 5.32 Å². The summed E-state index contributed by atoms with van der Waals surface area (Å²) in [6, 6.07) is 0.528. The first-order valence-corrected chi connectivity index (χ1v) is 6.67. The Morgan fingerprint density at radius 2 is 2.06 bits per heavy atom. The molecule has 2 rings (SSSR count). The maximum Gasteiger partial charge on any atom is 0.327 e. The summed E-state index contributed by atoms with van der Waals surface area (Å²) >= 11 is 0. The van der Waals surface area contributed by atoms with Crippen LogP contribution in [0.1, 0.15) is 32.6 Å². The van der Waals surface area contributed by atoms with E-state index in [2.05, 4.69) is 24.2 Å². The minimum atomic E-state index is -0.458. The van der Waals surface area contributed by atoms with E-state index in [9.17, 15) is 4.79 Å². The van der Waals surface area contributed by atoms with Crippen molar-refractivity contribution in [1.29, 1.82) is 0 Å². The molecule has 1 atom stereocenters. The van der Waals surface area contributed by atoms with Crippen molar-refractivity contribution in [3.8, 4) is 0 Å². The SMILES string of the molecule is CCN(C)CC(NC1CC1)(C(=O)OC)C1CC1. The number of hydrogen-bond donors (Lipinski definition) is 1. The first-order valence-electron chi connectivity index (χ1n) is 6.67. The second kappa shape index (κ2) is 4.94. The van der Waals surface area contributed by atoms with Crippen LogP contribution in [0.25, 0.3) is 0 Å². The highest BCUT2D eigenvalue weighted by Crippen LogP contribution is 2.42. The zero-order valence-corrected chi connectivity index (χ0v) is 11.2. The molecule has 0 radical (unpaired) electrons. The number of carbonyl (C=O) groups excluding carboxylic acids is 1.